The Kier molecular flexibility index (Phi) is 6.93. The van der Waals surface area contributed by atoms with E-state index >= 15 is 4.39 Å². The van der Waals surface area contributed by atoms with Crippen LogP contribution in [0.15, 0.2) is 48.7 Å². The molecule has 0 bridgehead atoms. The molecule has 0 unspecified atom stereocenters. The number of aryl methyl sites for hydroxylation is 3. The average molecular weight is 502 g/mol. The first-order chi connectivity index (χ1) is 17.8. The molecule has 1 aliphatic rings. The lowest BCUT2D eigenvalue weighted by Crippen LogP contribution is -2.43. The molecule has 1 aliphatic heterocycles. The van der Waals surface area contributed by atoms with E-state index in [0.717, 1.165) is 42.5 Å². The molecule has 0 aliphatic carbocycles. The fraction of sp³-hybridized carbons (Fsp3) is 0.345. The molecule has 1 fully saturated rings. The maximum absolute atomic E-state index is 15.3. The Morgan fingerprint density at radius 2 is 1.86 bits per heavy atom. The van der Waals surface area contributed by atoms with Crippen molar-refractivity contribution in [3.63, 3.8) is 0 Å². The number of hydrogen-bond donors (Lipinski definition) is 1. The Labute approximate surface area is 216 Å². The number of nitrogens with one attached hydrogen (secondary N) is 1. The topological polar surface area (TPSA) is 72.3 Å². The molecule has 37 heavy (non-hydrogen) atoms. The van der Waals surface area contributed by atoms with Crippen LogP contribution in [0, 0.1) is 12.7 Å². The highest BCUT2D eigenvalue weighted by molar-refractivity contribution is 5.96. The van der Waals surface area contributed by atoms with Gasteiger partial charge >= 0.3 is 0 Å². The van der Waals surface area contributed by atoms with Crippen molar-refractivity contribution in [1.82, 2.24) is 25.0 Å². The van der Waals surface area contributed by atoms with Crippen LogP contribution < -0.4 is 10.1 Å². The van der Waals surface area contributed by atoms with E-state index in [1.165, 1.54) is 6.07 Å². The van der Waals surface area contributed by atoms with Gasteiger partial charge in [-0.25, -0.2) is 4.39 Å². The van der Waals surface area contributed by atoms with Gasteiger partial charge in [0, 0.05) is 42.4 Å². The molecular weight excluding hydrogens is 469 g/mol. The summed E-state index contributed by atoms with van der Waals surface area (Å²) < 4.78 is 23.3. The van der Waals surface area contributed by atoms with Crippen LogP contribution in [-0.4, -0.2) is 51.8 Å². The van der Waals surface area contributed by atoms with E-state index in [9.17, 15) is 4.79 Å². The number of pyridine rings is 1. The maximum Gasteiger partial charge on any atom is 0.254 e. The third-order valence-corrected chi connectivity index (χ3v) is 7.10. The van der Waals surface area contributed by atoms with Crippen LogP contribution in [0.3, 0.4) is 0 Å². The van der Waals surface area contributed by atoms with Crippen LogP contribution in [0.5, 0.6) is 11.5 Å². The number of halogens is 1. The maximum atomic E-state index is 15.3. The van der Waals surface area contributed by atoms with Crippen molar-refractivity contribution < 1.29 is 13.9 Å². The van der Waals surface area contributed by atoms with Gasteiger partial charge in [-0.15, -0.1) is 0 Å². The number of hydrogen-bond acceptors (Lipinski definition) is 5. The average Bonchev–Trinajstić information content (AvgIpc) is 3.17. The van der Waals surface area contributed by atoms with Gasteiger partial charge < -0.3 is 15.0 Å². The second-order valence-corrected chi connectivity index (χ2v) is 9.76. The zero-order chi connectivity index (χ0) is 26.1. The minimum absolute atomic E-state index is 0.0671. The molecule has 7 nitrogen and oxygen atoms in total. The van der Waals surface area contributed by atoms with Gasteiger partial charge in [0.05, 0.1) is 22.5 Å². The van der Waals surface area contributed by atoms with Crippen molar-refractivity contribution in [2.75, 3.05) is 20.1 Å². The van der Waals surface area contributed by atoms with Crippen LogP contribution in [0.1, 0.15) is 41.4 Å². The standard InChI is InChI=1S/C29H32FN5O2/c1-5-19-14-20(15-25(30)28(19)29(36)32-21-9-12-34(3)13-10-21)26-16-23(8-11-31-26)37-22-6-7-24-18(2)33-35(4)27(24)17-22/h6-8,11,14-17,21H,5,9-10,12-13H2,1-4H3,(H,32,36). The molecular formula is C29H32FN5O2. The molecule has 2 aromatic carbocycles. The molecule has 1 amide bonds. The summed E-state index contributed by atoms with van der Waals surface area (Å²) in [5.41, 5.74) is 3.91. The predicted octanol–water partition coefficient (Wildman–Crippen LogP) is 5.26. The summed E-state index contributed by atoms with van der Waals surface area (Å²) in [7, 11) is 3.97. The van der Waals surface area contributed by atoms with Gasteiger partial charge in [-0.3, -0.25) is 14.5 Å². The predicted molar refractivity (Wildman–Crippen MR) is 143 cm³/mol. The SMILES string of the molecule is CCc1cc(-c2cc(Oc3ccc4c(C)nn(C)c4c3)ccn2)cc(F)c1C(=O)NC1CCN(C)CC1. The number of likely N-dealkylation sites (tertiary alicyclic amines) is 1. The second-order valence-electron chi connectivity index (χ2n) is 9.76. The van der Waals surface area contributed by atoms with E-state index in [2.05, 4.69) is 27.3 Å². The van der Waals surface area contributed by atoms with Crippen LogP contribution >= 0.6 is 0 Å². The third kappa shape index (κ3) is 5.20. The van der Waals surface area contributed by atoms with Crippen molar-refractivity contribution >= 4 is 16.8 Å². The van der Waals surface area contributed by atoms with E-state index < -0.39 is 5.82 Å². The molecule has 0 saturated carbocycles. The summed E-state index contributed by atoms with van der Waals surface area (Å²) in [6.45, 7) is 5.75. The van der Waals surface area contributed by atoms with Gasteiger partial charge in [0.25, 0.3) is 5.91 Å². The third-order valence-electron chi connectivity index (χ3n) is 7.10. The number of ether oxygens (including phenoxy) is 1. The number of aromatic nitrogens is 3. The highest BCUT2D eigenvalue weighted by Gasteiger charge is 2.23. The summed E-state index contributed by atoms with van der Waals surface area (Å²) in [4.78, 5) is 19.7. The van der Waals surface area contributed by atoms with Gasteiger partial charge in [-0.2, -0.15) is 5.10 Å². The van der Waals surface area contributed by atoms with Crippen LogP contribution in [-0.2, 0) is 13.5 Å². The van der Waals surface area contributed by atoms with Crippen molar-refractivity contribution in [3.05, 3.63) is 71.3 Å². The van der Waals surface area contributed by atoms with Gasteiger partial charge in [-0.05, 0) is 82.2 Å². The lowest BCUT2D eigenvalue weighted by Gasteiger charge is -2.29. The minimum atomic E-state index is -0.537. The first kappa shape index (κ1) is 24.9. The summed E-state index contributed by atoms with van der Waals surface area (Å²) in [5.74, 6) is 0.381. The second kappa shape index (κ2) is 10.3. The molecule has 1 N–H and O–H groups in total. The van der Waals surface area contributed by atoms with Crippen molar-refractivity contribution in [2.45, 2.75) is 39.2 Å². The minimum Gasteiger partial charge on any atom is -0.457 e. The molecule has 2 aromatic heterocycles. The summed E-state index contributed by atoms with van der Waals surface area (Å²) >= 11 is 0. The van der Waals surface area contributed by atoms with Crippen LogP contribution in [0.2, 0.25) is 0 Å². The lowest BCUT2D eigenvalue weighted by atomic mass is 9.97. The monoisotopic (exact) mass is 501 g/mol. The normalized spacial score (nSPS) is 14.7. The molecule has 4 aromatic rings. The molecule has 8 heteroatoms. The number of piperidine rings is 1. The Morgan fingerprint density at radius 3 is 2.62 bits per heavy atom. The van der Waals surface area contributed by atoms with Crippen LogP contribution in [0.25, 0.3) is 22.2 Å². The fourth-order valence-corrected chi connectivity index (χ4v) is 5.01. The number of benzene rings is 2. The van der Waals surface area contributed by atoms with Crippen molar-refractivity contribution in [2.24, 2.45) is 7.05 Å². The molecule has 3 heterocycles. The molecule has 1 saturated heterocycles. The Hall–Kier alpha value is -3.78. The van der Waals surface area contributed by atoms with Gasteiger partial charge in [0.1, 0.15) is 17.3 Å². The Morgan fingerprint density at radius 1 is 1.11 bits per heavy atom. The van der Waals surface area contributed by atoms with Gasteiger partial charge in [0.15, 0.2) is 0 Å². The largest absolute Gasteiger partial charge is 0.457 e. The van der Waals surface area contributed by atoms with E-state index in [1.54, 1.807) is 18.3 Å². The number of amides is 1. The zero-order valence-electron chi connectivity index (χ0n) is 21.7. The quantitative estimate of drug-likeness (QED) is 0.390. The smallest absolute Gasteiger partial charge is 0.254 e. The number of fused-ring (bicyclic) bond motifs is 1. The first-order valence-corrected chi connectivity index (χ1v) is 12.7. The highest BCUT2D eigenvalue weighted by atomic mass is 19.1. The van der Waals surface area contributed by atoms with Gasteiger partial charge in [-0.1, -0.05) is 6.92 Å². The number of rotatable bonds is 6. The summed E-state index contributed by atoms with van der Waals surface area (Å²) in [6.07, 6.45) is 3.91. The summed E-state index contributed by atoms with van der Waals surface area (Å²) in [6, 6.07) is 12.7. The zero-order valence-corrected chi connectivity index (χ0v) is 21.7. The molecule has 0 atom stereocenters. The van der Waals surface area contributed by atoms with Crippen LogP contribution in [0.4, 0.5) is 4.39 Å². The highest BCUT2D eigenvalue weighted by Crippen LogP contribution is 2.30. The Balaban J connectivity index is 1.38. The summed E-state index contributed by atoms with van der Waals surface area (Å²) in [5, 5.41) is 8.57. The molecule has 0 radical (unpaired) electrons. The van der Waals surface area contributed by atoms with Crippen molar-refractivity contribution in [3.8, 4) is 22.8 Å². The number of nitrogens with zero attached hydrogens (tertiary/aromatic N) is 4. The van der Waals surface area contributed by atoms with E-state index in [1.807, 2.05) is 49.8 Å². The van der Waals surface area contributed by atoms with E-state index in [0.29, 0.717) is 34.7 Å². The van der Waals surface area contributed by atoms with Gasteiger partial charge in [0.2, 0.25) is 0 Å². The molecule has 192 valence electrons. The number of carbonyl (C=O) groups is 1. The molecule has 5 rings (SSSR count). The van der Waals surface area contributed by atoms with E-state index in [-0.39, 0.29) is 17.5 Å². The van der Waals surface area contributed by atoms with E-state index in [4.69, 9.17) is 4.74 Å². The van der Waals surface area contributed by atoms with Crippen molar-refractivity contribution in [1.29, 1.82) is 0 Å². The fourth-order valence-electron chi connectivity index (χ4n) is 5.01. The first-order valence-electron chi connectivity index (χ1n) is 12.7. The molecule has 0 spiro atoms. The Bertz CT molecular complexity index is 1460. The lowest BCUT2D eigenvalue weighted by molar-refractivity contribution is 0.0912. The number of carbonyl (C=O) groups excluding carboxylic acids is 1.